The standard InChI is InChI=1S/C17H20O/c1-3-4-8-15-12-11-14(2)13-17(15)18-16-9-6-5-7-10-16/h5-7,9-13H,3-4,8H2,1-2H3. The molecule has 94 valence electrons. The third-order valence-corrected chi connectivity index (χ3v) is 2.99. The highest BCUT2D eigenvalue weighted by molar-refractivity contribution is 5.40. The highest BCUT2D eigenvalue weighted by Crippen LogP contribution is 2.27. The predicted octanol–water partition coefficient (Wildman–Crippen LogP) is 5.13. The molecule has 2 aromatic rings. The van der Waals surface area contributed by atoms with E-state index in [1.54, 1.807) is 0 Å². The molecule has 0 aromatic heterocycles. The molecular weight excluding hydrogens is 220 g/mol. The molecule has 0 heterocycles. The summed E-state index contributed by atoms with van der Waals surface area (Å²) >= 11 is 0. The molecule has 0 saturated carbocycles. The van der Waals surface area contributed by atoms with Gasteiger partial charge in [0.15, 0.2) is 0 Å². The van der Waals surface area contributed by atoms with Crippen LogP contribution in [0.15, 0.2) is 48.5 Å². The summed E-state index contributed by atoms with van der Waals surface area (Å²) in [5.74, 6) is 1.90. The van der Waals surface area contributed by atoms with E-state index < -0.39 is 0 Å². The second kappa shape index (κ2) is 6.25. The summed E-state index contributed by atoms with van der Waals surface area (Å²) in [5.41, 5.74) is 2.53. The molecule has 0 bridgehead atoms. The molecule has 0 saturated heterocycles. The lowest BCUT2D eigenvalue weighted by atomic mass is 10.1. The van der Waals surface area contributed by atoms with Crippen molar-refractivity contribution in [3.63, 3.8) is 0 Å². The molecule has 0 N–H and O–H groups in total. The van der Waals surface area contributed by atoms with Gasteiger partial charge in [0.1, 0.15) is 11.5 Å². The zero-order chi connectivity index (χ0) is 12.8. The third kappa shape index (κ3) is 3.36. The molecule has 2 aromatic carbocycles. The molecule has 0 radical (unpaired) electrons. The van der Waals surface area contributed by atoms with Crippen LogP contribution in [0.25, 0.3) is 0 Å². The molecule has 0 amide bonds. The second-order valence-corrected chi connectivity index (χ2v) is 4.63. The minimum absolute atomic E-state index is 0.904. The number of hydrogen-bond acceptors (Lipinski definition) is 1. The van der Waals surface area contributed by atoms with E-state index in [-0.39, 0.29) is 0 Å². The van der Waals surface area contributed by atoms with E-state index in [0.29, 0.717) is 0 Å². The smallest absolute Gasteiger partial charge is 0.130 e. The van der Waals surface area contributed by atoms with Gasteiger partial charge in [0.25, 0.3) is 0 Å². The average molecular weight is 240 g/mol. The topological polar surface area (TPSA) is 9.23 Å². The predicted molar refractivity (Wildman–Crippen MR) is 76.3 cm³/mol. The molecular formula is C17H20O. The van der Waals surface area contributed by atoms with Gasteiger partial charge in [-0.1, -0.05) is 43.7 Å². The van der Waals surface area contributed by atoms with Crippen molar-refractivity contribution >= 4 is 0 Å². The molecule has 0 aliphatic heterocycles. The molecule has 2 rings (SSSR count). The lowest BCUT2D eigenvalue weighted by Crippen LogP contribution is -1.93. The van der Waals surface area contributed by atoms with E-state index in [0.717, 1.165) is 17.9 Å². The van der Waals surface area contributed by atoms with Crippen LogP contribution >= 0.6 is 0 Å². The highest BCUT2D eigenvalue weighted by atomic mass is 16.5. The molecule has 18 heavy (non-hydrogen) atoms. The Hall–Kier alpha value is -1.76. The number of ether oxygens (including phenoxy) is 1. The van der Waals surface area contributed by atoms with Crippen molar-refractivity contribution in [3.8, 4) is 11.5 Å². The van der Waals surface area contributed by atoms with Crippen LogP contribution in [0.2, 0.25) is 0 Å². The summed E-state index contributed by atoms with van der Waals surface area (Å²) in [5, 5.41) is 0. The average Bonchev–Trinajstić information content (AvgIpc) is 2.39. The summed E-state index contributed by atoms with van der Waals surface area (Å²) < 4.78 is 5.99. The van der Waals surface area contributed by atoms with Crippen molar-refractivity contribution in [1.29, 1.82) is 0 Å². The normalized spacial score (nSPS) is 10.3. The maximum absolute atomic E-state index is 5.99. The van der Waals surface area contributed by atoms with Gasteiger partial charge in [-0.05, 0) is 49.1 Å². The third-order valence-electron chi connectivity index (χ3n) is 2.99. The maximum atomic E-state index is 5.99. The Labute approximate surface area is 109 Å². The summed E-state index contributed by atoms with van der Waals surface area (Å²) in [7, 11) is 0. The van der Waals surface area contributed by atoms with Crippen molar-refractivity contribution in [1.82, 2.24) is 0 Å². The Balaban J connectivity index is 2.22. The van der Waals surface area contributed by atoms with E-state index in [1.165, 1.54) is 24.0 Å². The summed E-state index contributed by atoms with van der Waals surface area (Å²) in [6.07, 6.45) is 3.49. The van der Waals surface area contributed by atoms with Gasteiger partial charge in [-0.3, -0.25) is 0 Å². The van der Waals surface area contributed by atoms with Crippen LogP contribution in [0, 0.1) is 6.92 Å². The summed E-state index contributed by atoms with van der Waals surface area (Å²) in [6.45, 7) is 4.31. The number of benzene rings is 2. The quantitative estimate of drug-likeness (QED) is 0.704. The zero-order valence-electron chi connectivity index (χ0n) is 11.1. The van der Waals surface area contributed by atoms with Gasteiger partial charge in [-0.15, -0.1) is 0 Å². The van der Waals surface area contributed by atoms with Crippen LogP contribution in [0.4, 0.5) is 0 Å². The minimum atomic E-state index is 0.904. The van der Waals surface area contributed by atoms with Crippen LogP contribution in [0.5, 0.6) is 11.5 Å². The van der Waals surface area contributed by atoms with Crippen LogP contribution in [0.1, 0.15) is 30.9 Å². The maximum Gasteiger partial charge on any atom is 0.130 e. The van der Waals surface area contributed by atoms with Crippen LogP contribution < -0.4 is 4.74 Å². The number of para-hydroxylation sites is 1. The fourth-order valence-electron chi connectivity index (χ4n) is 1.95. The molecule has 0 fully saturated rings. The molecule has 1 heteroatoms. The first kappa shape index (κ1) is 12.7. The van der Waals surface area contributed by atoms with Gasteiger partial charge in [0.05, 0.1) is 0 Å². The second-order valence-electron chi connectivity index (χ2n) is 4.63. The molecule has 1 nitrogen and oxygen atoms in total. The fraction of sp³-hybridized carbons (Fsp3) is 0.294. The van der Waals surface area contributed by atoms with Gasteiger partial charge in [0, 0.05) is 0 Å². The van der Waals surface area contributed by atoms with Crippen LogP contribution in [0.3, 0.4) is 0 Å². The van der Waals surface area contributed by atoms with Crippen molar-refractivity contribution < 1.29 is 4.74 Å². The zero-order valence-corrected chi connectivity index (χ0v) is 11.1. The Kier molecular flexibility index (Phi) is 4.40. The van der Waals surface area contributed by atoms with Crippen molar-refractivity contribution in [2.45, 2.75) is 33.1 Å². The van der Waals surface area contributed by atoms with Crippen molar-refractivity contribution in [2.75, 3.05) is 0 Å². The molecule has 0 aliphatic carbocycles. The molecule has 0 unspecified atom stereocenters. The first-order valence-corrected chi connectivity index (χ1v) is 6.62. The number of rotatable bonds is 5. The van der Waals surface area contributed by atoms with Crippen molar-refractivity contribution in [2.24, 2.45) is 0 Å². The molecule has 0 aliphatic rings. The Bertz CT molecular complexity index is 488. The summed E-state index contributed by atoms with van der Waals surface area (Å²) in [4.78, 5) is 0. The lowest BCUT2D eigenvalue weighted by Gasteiger charge is -2.12. The van der Waals surface area contributed by atoms with E-state index >= 15 is 0 Å². The van der Waals surface area contributed by atoms with Gasteiger partial charge in [-0.2, -0.15) is 0 Å². The largest absolute Gasteiger partial charge is 0.457 e. The van der Waals surface area contributed by atoms with Gasteiger partial charge < -0.3 is 4.74 Å². The van der Waals surface area contributed by atoms with Gasteiger partial charge in [0.2, 0.25) is 0 Å². The van der Waals surface area contributed by atoms with E-state index in [9.17, 15) is 0 Å². The minimum Gasteiger partial charge on any atom is -0.457 e. The fourth-order valence-corrected chi connectivity index (χ4v) is 1.95. The lowest BCUT2D eigenvalue weighted by molar-refractivity contribution is 0.474. The SMILES string of the molecule is CCCCc1ccc(C)cc1Oc1ccccc1. The van der Waals surface area contributed by atoms with Crippen LogP contribution in [-0.4, -0.2) is 0 Å². The van der Waals surface area contributed by atoms with E-state index in [4.69, 9.17) is 4.74 Å². The van der Waals surface area contributed by atoms with Gasteiger partial charge >= 0.3 is 0 Å². The highest BCUT2D eigenvalue weighted by Gasteiger charge is 2.05. The Morgan fingerprint density at radius 2 is 1.78 bits per heavy atom. The summed E-state index contributed by atoms with van der Waals surface area (Å²) in [6, 6.07) is 16.4. The first-order valence-electron chi connectivity index (χ1n) is 6.62. The number of unbranched alkanes of at least 4 members (excludes halogenated alkanes) is 1. The van der Waals surface area contributed by atoms with E-state index in [1.807, 2.05) is 30.3 Å². The van der Waals surface area contributed by atoms with Crippen LogP contribution in [-0.2, 0) is 6.42 Å². The van der Waals surface area contributed by atoms with E-state index in [2.05, 4.69) is 32.0 Å². The first-order chi connectivity index (χ1) is 8.79. The Morgan fingerprint density at radius 1 is 1.00 bits per heavy atom. The Morgan fingerprint density at radius 3 is 2.50 bits per heavy atom. The molecule has 0 atom stereocenters. The number of aryl methyl sites for hydroxylation is 2. The van der Waals surface area contributed by atoms with Crippen molar-refractivity contribution in [3.05, 3.63) is 59.7 Å². The number of hydrogen-bond donors (Lipinski definition) is 0. The molecule has 0 spiro atoms. The monoisotopic (exact) mass is 240 g/mol. The van der Waals surface area contributed by atoms with Gasteiger partial charge in [-0.25, -0.2) is 0 Å².